The van der Waals surface area contributed by atoms with Crippen LogP contribution in [0.4, 0.5) is 0 Å². The lowest BCUT2D eigenvalue weighted by atomic mass is 10.2. The first kappa shape index (κ1) is 25.3. The highest BCUT2D eigenvalue weighted by molar-refractivity contribution is 6.87. The Kier molecular flexibility index (Phi) is 8.51. The van der Waals surface area contributed by atoms with Gasteiger partial charge in [-0.3, -0.25) is 0 Å². The van der Waals surface area contributed by atoms with E-state index in [0.29, 0.717) is 6.04 Å². The van der Waals surface area contributed by atoms with E-state index >= 15 is 0 Å². The second kappa shape index (κ2) is 9.41. The lowest BCUT2D eigenvalue weighted by molar-refractivity contribution is -0.148. The minimum atomic E-state index is -2.46. The normalized spacial score (nSPS) is 20.9. The first-order valence-electron chi connectivity index (χ1n) is 9.53. The Hall–Kier alpha value is -0.699. The molecular weight excluding hydrogens is 416 g/mol. The Balaban J connectivity index is 2.84. The van der Waals surface area contributed by atoms with E-state index < -0.39 is 55.7 Å². The Morgan fingerprint density at radius 2 is 1.57 bits per heavy atom. The average molecular weight is 453 g/mol. The van der Waals surface area contributed by atoms with E-state index in [1.54, 1.807) is 0 Å². The average Bonchev–Trinajstić information content (AvgIpc) is 2.75. The molecule has 0 spiro atoms. The molecule has 8 nitrogen and oxygen atoms in total. The molecule has 3 unspecified atom stereocenters. The summed E-state index contributed by atoms with van der Waals surface area (Å²) in [6.45, 7) is 16.5. The van der Waals surface area contributed by atoms with Crippen molar-refractivity contribution in [1.82, 2.24) is 0 Å². The predicted molar refractivity (Wildman–Crippen MR) is 113 cm³/mol. The fraction of sp³-hybridized carbons (Fsp3) is 0.824. The van der Waals surface area contributed by atoms with Crippen LogP contribution in [0.3, 0.4) is 0 Å². The van der Waals surface area contributed by atoms with Crippen LogP contribution < -0.4 is 0 Å². The topological polar surface area (TPSA) is 115 Å². The Labute approximate surface area is 171 Å². The minimum absolute atomic E-state index is 0.0206. The number of aliphatic hydroxyl groups is 3. The van der Waals surface area contributed by atoms with Gasteiger partial charge in [0.2, 0.25) is 5.76 Å². The molecule has 1 rings (SSSR count). The van der Waals surface area contributed by atoms with Gasteiger partial charge < -0.3 is 33.0 Å². The molecule has 0 bridgehead atoms. The van der Waals surface area contributed by atoms with Crippen molar-refractivity contribution in [2.45, 2.75) is 71.0 Å². The first-order valence-corrected chi connectivity index (χ1v) is 18.9. The van der Waals surface area contributed by atoms with Crippen LogP contribution >= 0.6 is 0 Å². The highest BCUT2D eigenvalue weighted by atomic mass is 28.5. The summed E-state index contributed by atoms with van der Waals surface area (Å²) >= 11 is 0. The maximum Gasteiger partial charge on any atom is 0.378 e. The van der Waals surface area contributed by atoms with Gasteiger partial charge in [-0.1, -0.05) is 6.92 Å². The summed E-state index contributed by atoms with van der Waals surface area (Å²) in [6.07, 6.45) is -2.56. The SMILES string of the molecule is CC(COC1=C(O)C(=O)OC1C(O)CO)C[Si](C)(O[Si](C)(C)C)O[Si](C)(C)C. The van der Waals surface area contributed by atoms with Gasteiger partial charge in [0.15, 0.2) is 28.5 Å². The zero-order chi connectivity index (χ0) is 21.9. The molecule has 11 heteroatoms. The van der Waals surface area contributed by atoms with Crippen LogP contribution in [0.2, 0.25) is 51.9 Å². The number of hydrogen-bond acceptors (Lipinski definition) is 8. The van der Waals surface area contributed by atoms with Crippen LogP contribution in [0.5, 0.6) is 0 Å². The van der Waals surface area contributed by atoms with Crippen molar-refractivity contribution >= 4 is 31.2 Å². The standard InChI is InChI=1S/C17H36O8Si3/c1-12(11-28(8,24-26(2,3)4)25-27(5,6)7)10-22-16-14(20)17(21)23-15(16)13(19)9-18/h12-13,15,18-20H,9-11H2,1-8H3. The van der Waals surface area contributed by atoms with Crippen molar-refractivity contribution in [3.63, 3.8) is 0 Å². The number of esters is 1. The van der Waals surface area contributed by atoms with E-state index in [-0.39, 0.29) is 18.3 Å². The molecule has 0 radical (unpaired) electrons. The lowest BCUT2D eigenvalue weighted by Gasteiger charge is -2.39. The van der Waals surface area contributed by atoms with E-state index in [0.717, 1.165) is 0 Å². The van der Waals surface area contributed by atoms with Gasteiger partial charge >= 0.3 is 14.5 Å². The van der Waals surface area contributed by atoms with Crippen molar-refractivity contribution in [2.75, 3.05) is 13.2 Å². The number of aliphatic hydroxyl groups excluding tert-OH is 3. The Morgan fingerprint density at radius 3 is 2.00 bits per heavy atom. The van der Waals surface area contributed by atoms with Crippen molar-refractivity contribution < 1.29 is 37.8 Å². The van der Waals surface area contributed by atoms with Gasteiger partial charge in [-0.25, -0.2) is 4.79 Å². The van der Waals surface area contributed by atoms with Crippen LogP contribution in [0.15, 0.2) is 11.5 Å². The molecule has 0 aromatic rings. The molecule has 28 heavy (non-hydrogen) atoms. The number of carbonyl (C=O) groups is 1. The van der Waals surface area contributed by atoms with Crippen LogP contribution in [-0.4, -0.2) is 71.9 Å². The van der Waals surface area contributed by atoms with Gasteiger partial charge in [-0.15, -0.1) is 0 Å². The molecule has 0 aliphatic carbocycles. The summed E-state index contributed by atoms with van der Waals surface area (Å²) in [7, 11) is -6.09. The third-order valence-electron chi connectivity index (χ3n) is 3.74. The van der Waals surface area contributed by atoms with Crippen LogP contribution in [0.1, 0.15) is 6.92 Å². The molecule has 0 fully saturated rings. The molecule has 1 aliphatic rings. The van der Waals surface area contributed by atoms with Crippen molar-refractivity contribution in [1.29, 1.82) is 0 Å². The molecule has 0 saturated carbocycles. The number of hydrogen-bond donors (Lipinski definition) is 3. The summed E-state index contributed by atoms with van der Waals surface area (Å²) in [4.78, 5) is 11.6. The van der Waals surface area contributed by atoms with Crippen LogP contribution in [-0.2, 0) is 22.5 Å². The molecule has 3 atom stereocenters. The quantitative estimate of drug-likeness (QED) is 0.323. The lowest BCUT2D eigenvalue weighted by Crippen LogP contribution is -2.53. The molecule has 3 N–H and O–H groups in total. The van der Waals surface area contributed by atoms with Crippen molar-refractivity contribution in [2.24, 2.45) is 5.92 Å². The van der Waals surface area contributed by atoms with Gasteiger partial charge in [0, 0.05) is 0 Å². The molecular formula is C17H36O8Si3. The van der Waals surface area contributed by atoms with Crippen molar-refractivity contribution in [3.8, 4) is 0 Å². The number of ether oxygens (including phenoxy) is 2. The summed E-state index contributed by atoms with van der Waals surface area (Å²) in [6, 6.07) is 0.692. The molecule has 164 valence electrons. The number of carbonyl (C=O) groups excluding carboxylic acids is 1. The van der Waals surface area contributed by atoms with E-state index in [1.165, 1.54) is 0 Å². The second-order valence-corrected chi connectivity index (χ2v) is 22.2. The monoisotopic (exact) mass is 452 g/mol. The van der Waals surface area contributed by atoms with Crippen LogP contribution in [0, 0.1) is 5.92 Å². The number of cyclic esters (lactones) is 1. The van der Waals surface area contributed by atoms with Crippen molar-refractivity contribution in [3.05, 3.63) is 11.5 Å². The summed E-state index contributed by atoms with van der Waals surface area (Å²) < 4.78 is 23.5. The molecule has 0 aromatic heterocycles. The summed E-state index contributed by atoms with van der Waals surface area (Å²) in [5.41, 5.74) is 0. The van der Waals surface area contributed by atoms with Gasteiger partial charge in [-0.05, 0) is 57.8 Å². The Morgan fingerprint density at radius 1 is 1.07 bits per heavy atom. The third kappa shape index (κ3) is 7.97. The molecule has 1 heterocycles. The van der Waals surface area contributed by atoms with Crippen LogP contribution in [0.25, 0.3) is 0 Å². The molecule has 1 aliphatic heterocycles. The van der Waals surface area contributed by atoms with Gasteiger partial charge in [0.25, 0.3) is 0 Å². The first-order chi connectivity index (χ1) is 12.6. The van der Waals surface area contributed by atoms with Gasteiger partial charge in [-0.2, -0.15) is 0 Å². The molecule has 0 amide bonds. The highest BCUT2D eigenvalue weighted by Crippen LogP contribution is 2.30. The highest BCUT2D eigenvalue weighted by Gasteiger charge is 2.43. The fourth-order valence-electron chi connectivity index (χ4n) is 3.28. The predicted octanol–water partition coefficient (Wildman–Crippen LogP) is 2.46. The number of rotatable bonds is 11. The maximum absolute atomic E-state index is 11.6. The zero-order valence-corrected chi connectivity index (χ0v) is 21.2. The Bertz CT molecular complexity index is 566. The van der Waals surface area contributed by atoms with E-state index in [9.17, 15) is 15.0 Å². The minimum Gasteiger partial charge on any atom is -0.499 e. The summed E-state index contributed by atoms with van der Waals surface area (Å²) in [5, 5.41) is 28.8. The fourth-order valence-corrected chi connectivity index (χ4v) is 16.2. The van der Waals surface area contributed by atoms with Gasteiger partial charge in [0.05, 0.1) is 13.2 Å². The molecule has 0 aromatic carbocycles. The third-order valence-corrected chi connectivity index (χ3v) is 13.5. The van der Waals surface area contributed by atoms with Gasteiger partial charge in [0.1, 0.15) is 6.10 Å². The largest absolute Gasteiger partial charge is 0.499 e. The molecule has 0 saturated heterocycles. The second-order valence-electron chi connectivity index (χ2n) is 9.47. The van der Waals surface area contributed by atoms with E-state index in [1.807, 2.05) is 6.92 Å². The maximum atomic E-state index is 11.6. The smallest absolute Gasteiger partial charge is 0.378 e. The van der Waals surface area contributed by atoms with E-state index in [2.05, 4.69) is 45.8 Å². The van der Waals surface area contributed by atoms with E-state index in [4.69, 9.17) is 22.8 Å². The zero-order valence-electron chi connectivity index (χ0n) is 18.2. The summed E-state index contributed by atoms with van der Waals surface area (Å²) in [5.74, 6) is -1.75.